The minimum atomic E-state index is -0.865. The van der Waals surface area contributed by atoms with Gasteiger partial charge in [0, 0.05) is 16.4 Å². The number of aliphatic hydroxyl groups is 1. The average Bonchev–Trinajstić information content (AvgIpc) is 2.72. The number of nitrogens with two attached hydrogens (primary N) is 1. The van der Waals surface area contributed by atoms with E-state index in [0.29, 0.717) is 12.5 Å². The zero-order valence-electron chi connectivity index (χ0n) is 11.1. The second-order valence-corrected chi connectivity index (χ2v) is 6.83. The molecule has 1 aromatic carbocycles. The minimum Gasteiger partial charge on any atom is -0.385 e. The Kier molecular flexibility index (Phi) is 3.86. The Morgan fingerprint density at radius 1 is 1.56 bits per heavy atom. The molecule has 0 amide bonds. The Labute approximate surface area is 118 Å². The summed E-state index contributed by atoms with van der Waals surface area (Å²) in [7, 11) is 0. The molecular weight excluding hydrogens is 290 g/mol. The van der Waals surface area contributed by atoms with Crippen molar-refractivity contribution >= 4 is 15.9 Å². The summed E-state index contributed by atoms with van der Waals surface area (Å²) in [5.41, 5.74) is 5.92. The van der Waals surface area contributed by atoms with Gasteiger partial charge in [-0.15, -0.1) is 0 Å². The van der Waals surface area contributed by atoms with Crippen LogP contribution < -0.4 is 5.73 Å². The molecule has 1 fully saturated rings. The second kappa shape index (κ2) is 4.95. The van der Waals surface area contributed by atoms with Gasteiger partial charge in [-0.05, 0) is 49.8 Å². The first-order valence-corrected chi connectivity index (χ1v) is 7.39. The number of rotatable bonds is 3. The molecule has 2 nitrogen and oxygen atoms in total. The molecule has 100 valence electrons. The predicted molar refractivity (Wildman–Crippen MR) is 78.2 cm³/mol. The van der Waals surface area contributed by atoms with Crippen molar-refractivity contribution in [3.05, 3.63) is 34.3 Å². The van der Waals surface area contributed by atoms with Crippen LogP contribution in [0, 0.1) is 11.3 Å². The van der Waals surface area contributed by atoms with Gasteiger partial charge in [0.15, 0.2) is 0 Å². The van der Waals surface area contributed by atoms with Crippen LogP contribution in [0.4, 0.5) is 0 Å². The van der Waals surface area contributed by atoms with Gasteiger partial charge in [-0.25, -0.2) is 0 Å². The van der Waals surface area contributed by atoms with E-state index in [1.54, 1.807) is 0 Å². The molecule has 3 heteroatoms. The maximum absolute atomic E-state index is 11.1. The molecule has 0 bridgehead atoms. The van der Waals surface area contributed by atoms with Crippen molar-refractivity contribution in [3.63, 3.8) is 0 Å². The molecule has 3 atom stereocenters. The van der Waals surface area contributed by atoms with Crippen molar-refractivity contribution in [2.75, 3.05) is 6.54 Å². The molecule has 0 saturated heterocycles. The van der Waals surface area contributed by atoms with E-state index in [2.05, 4.69) is 22.9 Å². The van der Waals surface area contributed by atoms with E-state index in [0.717, 1.165) is 29.3 Å². The zero-order chi connectivity index (χ0) is 13.4. The number of benzene rings is 1. The van der Waals surface area contributed by atoms with E-state index < -0.39 is 5.60 Å². The highest BCUT2D eigenvalue weighted by Gasteiger charge is 2.50. The third-order valence-electron chi connectivity index (χ3n) is 4.67. The van der Waals surface area contributed by atoms with E-state index in [9.17, 15) is 5.11 Å². The molecule has 1 aromatic rings. The highest BCUT2D eigenvalue weighted by Crippen LogP contribution is 2.52. The fraction of sp³-hybridized carbons (Fsp3) is 0.600. The monoisotopic (exact) mass is 311 g/mol. The summed E-state index contributed by atoms with van der Waals surface area (Å²) in [5, 5.41) is 11.1. The Hall–Kier alpha value is -0.380. The highest BCUT2D eigenvalue weighted by molar-refractivity contribution is 9.10. The first-order valence-electron chi connectivity index (χ1n) is 6.60. The number of hydrogen-bond donors (Lipinski definition) is 2. The third kappa shape index (κ3) is 2.24. The van der Waals surface area contributed by atoms with Gasteiger partial charge in [0.2, 0.25) is 0 Å². The Bertz CT molecular complexity index is 432. The molecule has 2 rings (SSSR count). The molecule has 0 radical (unpaired) electrons. The summed E-state index contributed by atoms with van der Waals surface area (Å²) in [5.74, 6) is 0.646. The molecule has 18 heavy (non-hydrogen) atoms. The highest BCUT2D eigenvalue weighted by atomic mass is 79.9. The van der Waals surface area contributed by atoms with E-state index in [1.165, 1.54) is 0 Å². The van der Waals surface area contributed by atoms with Crippen molar-refractivity contribution in [1.82, 2.24) is 0 Å². The van der Waals surface area contributed by atoms with Crippen LogP contribution in [0.15, 0.2) is 28.7 Å². The Morgan fingerprint density at radius 3 is 2.78 bits per heavy atom. The molecular formula is C15H22BrNO. The minimum absolute atomic E-state index is 0.187. The van der Waals surface area contributed by atoms with Gasteiger partial charge in [-0.2, -0.15) is 0 Å². The summed E-state index contributed by atoms with van der Waals surface area (Å²) in [4.78, 5) is 0. The lowest BCUT2D eigenvalue weighted by molar-refractivity contribution is -0.0711. The molecule has 0 aromatic heterocycles. The molecule has 1 aliphatic carbocycles. The smallest absolute Gasteiger partial charge is 0.0936 e. The van der Waals surface area contributed by atoms with E-state index in [4.69, 9.17) is 5.73 Å². The Balaban J connectivity index is 2.40. The molecule has 1 saturated carbocycles. The van der Waals surface area contributed by atoms with Crippen molar-refractivity contribution in [1.29, 1.82) is 0 Å². The van der Waals surface area contributed by atoms with Gasteiger partial charge < -0.3 is 10.8 Å². The molecule has 0 aliphatic heterocycles. The van der Waals surface area contributed by atoms with Crippen LogP contribution >= 0.6 is 15.9 Å². The van der Waals surface area contributed by atoms with Crippen LogP contribution in [0.5, 0.6) is 0 Å². The SMILES string of the molecule is CC1CCC(CN)(C(C)(O)c2cccc(Br)c2)C1. The fourth-order valence-electron chi connectivity index (χ4n) is 3.32. The number of hydrogen-bond acceptors (Lipinski definition) is 2. The maximum Gasteiger partial charge on any atom is 0.0936 e. The van der Waals surface area contributed by atoms with Gasteiger partial charge in [-0.3, -0.25) is 0 Å². The van der Waals surface area contributed by atoms with Crippen LogP contribution in [-0.4, -0.2) is 11.7 Å². The van der Waals surface area contributed by atoms with Gasteiger partial charge in [0.05, 0.1) is 5.60 Å². The van der Waals surface area contributed by atoms with Gasteiger partial charge in [0.1, 0.15) is 0 Å². The van der Waals surface area contributed by atoms with Crippen LogP contribution in [-0.2, 0) is 5.60 Å². The first-order chi connectivity index (χ1) is 8.41. The van der Waals surface area contributed by atoms with Crippen LogP contribution in [0.2, 0.25) is 0 Å². The molecule has 1 aliphatic rings. The van der Waals surface area contributed by atoms with Crippen molar-refractivity contribution < 1.29 is 5.11 Å². The van der Waals surface area contributed by atoms with E-state index in [-0.39, 0.29) is 5.41 Å². The van der Waals surface area contributed by atoms with Gasteiger partial charge in [0.25, 0.3) is 0 Å². The summed E-state index contributed by atoms with van der Waals surface area (Å²) in [6, 6.07) is 7.94. The lowest BCUT2D eigenvalue weighted by atomic mass is 9.67. The van der Waals surface area contributed by atoms with Crippen LogP contribution in [0.25, 0.3) is 0 Å². The largest absolute Gasteiger partial charge is 0.385 e. The third-order valence-corrected chi connectivity index (χ3v) is 5.16. The van der Waals surface area contributed by atoms with Crippen molar-refractivity contribution in [2.24, 2.45) is 17.1 Å². The van der Waals surface area contributed by atoms with Crippen molar-refractivity contribution in [3.8, 4) is 0 Å². The van der Waals surface area contributed by atoms with Crippen LogP contribution in [0.1, 0.15) is 38.7 Å². The lowest BCUT2D eigenvalue weighted by Crippen LogP contribution is -2.47. The molecule has 3 N–H and O–H groups in total. The number of halogens is 1. The molecule has 0 heterocycles. The topological polar surface area (TPSA) is 46.2 Å². The first kappa shape index (κ1) is 14.0. The molecule has 0 spiro atoms. The summed E-state index contributed by atoms with van der Waals surface area (Å²) < 4.78 is 0.999. The lowest BCUT2D eigenvalue weighted by Gasteiger charge is -2.43. The van der Waals surface area contributed by atoms with E-state index >= 15 is 0 Å². The summed E-state index contributed by atoms with van der Waals surface area (Å²) >= 11 is 3.47. The van der Waals surface area contributed by atoms with E-state index in [1.807, 2.05) is 31.2 Å². The van der Waals surface area contributed by atoms with Gasteiger partial charge in [-0.1, -0.05) is 35.0 Å². The standard InChI is InChI=1S/C15H22BrNO/c1-11-6-7-15(9-11,10-17)14(2,18)12-4-3-5-13(16)8-12/h3-5,8,11,18H,6-7,9-10,17H2,1-2H3. The van der Waals surface area contributed by atoms with Crippen molar-refractivity contribution in [2.45, 2.75) is 38.7 Å². The van der Waals surface area contributed by atoms with Crippen LogP contribution in [0.3, 0.4) is 0 Å². The maximum atomic E-state index is 11.1. The quantitative estimate of drug-likeness (QED) is 0.898. The average molecular weight is 312 g/mol. The second-order valence-electron chi connectivity index (χ2n) is 5.91. The zero-order valence-corrected chi connectivity index (χ0v) is 12.7. The Morgan fingerprint density at radius 2 is 2.28 bits per heavy atom. The summed E-state index contributed by atoms with van der Waals surface area (Å²) in [6.45, 7) is 4.70. The normalized spacial score (nSPS) is 31.3. The predicted octanol–water partition coefficient (Wildman–Crippen LogP) is 3.42. The fourth-order valence-corrected chi connectivity index (χ4v) is 3.72. The summed E-state index contributed by atoms with van der Waals surface area (Å²) in [6.07, 6.45) is 3.16. The van der Waals surface area contributed by atoms with Gasteiger partial charge >= 0.3 is 0 Å². The molecule has 3 unspecified atom stereocenters.